The number of rotatable bonds is 1. The van der Waals surface area contributed by atoms with Gasteiger partial charge in [-0.15, -0.1) is 0 Å². The van der Waals surface area contributed by atoms with E-state index in [1.807, 2.05) is 19.1 Å². The third-order valence-electron chi connectivity index (χ3n) is 1.44. The SMILES string of the molecule is C/C(=N\O)c1cc(C)ccn1. The molecule has 0 saturated heterocycles. The van der Waals surface area contributed by atoms with Gasteiger partial charge in [-0.1, -0.05) is 5.16 Å². The molecule has 1 aromatic rings. The first kappa shape index (κ1) is 7.72. The van der Waals surface area contributed by atoms with Crippen molar-refractivity contribution in [3.63, 3.8) is 0 Å². The number of pyridine rings is 1. The van der Waals surface area contributed by atoms with E-state index in [1.54, 1.807) is 13.1 Å². The molecule has 1 heterocycles. The van der Waals surface area contributed by atoms with Crippen LogP contribution in [0.25, 0.3) is 0 Å². The highest BCUT2D eigenvalue weighted by Gasteiger charge is 1.97. The number of hydrogen-bond acceptors (Lipinski definition) is 3. The fraction of sp³-hybridized carbons (Fsp3) is 0.250. The van der Waals surface area contributed by atoms with Crippen molar-refractivity contribution < 1.29 is 5.21 Å². The Morgan fingerprint density at radius 2 is 2.36 bits per heavy atom. The maximum absolute atomic E-state index is 8.43. The quantitative estimate of drug-likeness (QED) is 0.375. The van der Waals surface area contributed by atoms with E-state index in [-0.39, 0.29) is 0 Å². The van der Waals surface area contributed by atoms with Crippen LogP contribution in [-0.4, -0.2) is 15.9 Å². The van der Waals surface area contributed by atoms with Gasteiger partial charge in [0, 0.05) is 6.20 Å². The van der Waals surface area contributed by atoms with Crippen LogP contribution in [0.15, 0.2) is 23.5 Å². The molecule has 1 N–H and O–H groups in total. The van der Waals surface area contributed by atoms with Crippen molar-refractivity contribution in [2.24, 2.45) is 5.16 Å². The molecule has 58 valence electrons. The van der Waals surface area contributed by atoms with Gasteiger partial charge in [-0.3, -0.25) is 4.98 Å². The molecule has 0 spiro atoms. The monoisotopic (exact) mass is 150 g/mol. The highest BCUT2D eigenvalue weighted by atomic mass is 16.4. The summed E-state index contributed by atoms with van der Waals surface area (Å²) in [5.41, 5.74) is 2.36. The fourth-order valence-corrected chi connectivity index (χ4v) is 0.785. The first-order valence-electron chi connectivity index (χ1n) is 3.35. The van der Waals surface area contributed by atoms with Crippen LogP contribution in [-0.2, 0) is 0 Å². The van der Waals surface area contributed by atoms with Crippen molar-refractivity contribution in [2.45, 2.75) is 13.8 Å². The molecular formula is C8H10N2O. The van der Waals surface area contributed by atoms with Gasteiger partial charge in [0.05, 0.1) is 5.69 Å². The zero-order valence-electron chi connectivity index (χ0n) is 6.57. The second-order valence-corrected chi connectivity index (χ2v) is 2.40. The third kappa shape index (κ3) is 1.77. The van der Waals surface area contributed by atoms with E-state index in [0.717, 1.165) is 5.56 Å². The average molecular weight is 150 g/mol. The zero-order chi connectivity index (χ0) is 8.27. The van der Waals surface area contributed by atoms with Gasteiger partial charge < -0.3 is 5.21 Å². The van der Waals surface area contributed by atoms with Crippen LogP contribution >= 0.6 is 0 Å². The number of aryl methyl sites for hydroxylation is 1. The lowest BCUT2D eigenvalue weighted by molar-refractivity contribution is 0.319. The average Bonchev–Trinajstić information content (AvgIpc) is 2.03. The Bertz CT molecular complexity index is 281. The molecule has 0 aliphatic carbocycles. The molecule has 3 nitrogen and oxygen atoms in total. The number of hydrogen-bond donors (Lipinski definition) is 1. The molecule has 0 amide bonds. The molecule has 0 fully saturated rings. The maximum Gasteiger partial charge on any atom is 0.102 e. The molecule has 0 aliphatic rings. The lowest BCUT2D eigenvalue weighted by Crippen LogP contribution is -1.97. The number of aromatic nitrogens is 1. The largest absolute Gasteiger partial charge is 0.411 e. The van der Waals surface area contributed by atoms with Crippen molar-refractivity contribution in [2.75, 3.05) is 0 Å². The summed E-state index contributed by atoms with van der Waals surface area (Å²) in [7, 11) is 0. The second-order valence-electron chi connectivity index (χ2n) is 2.40. The molecule has 0 unspecified atom stereocenters. The Labute approximate surface area is 65.4 Å². The Morgan fingerprint density at radius 1 is 1.64 bits per heavy atom. The normalized spacial score (nSPS) is 11.6. The van der Waals surface area contributed by atoms with Crippen molar-refractivity contribution in [1.82, 2.24) is 4.98 Å². The first-order valence-corrected chi connectivity index (χ1v) is 3.35. The first-order chi connectivity index (χ1) is 5.24. The summed E-state index contributed by atoms with van der Waals surface area (Å²) in [6, 6.07) is 3.77. The minimum absolute atomic E-state index is 0.536. The van der Waals surface area contributed by atoms with Crippen LogP contribution in [0.4, 0.5) is 0 Å². The zero-order valence-corrected chi connectivity index (χ0v) is 6.57. The summed E-state index contributed by atoms with van der Waals surface area (Å²) < 4.78 is 0. The Kier molecular flexibility index (Phi) is 2.21. The van der Waals surface area contributed by atoms with E-state index in [4.69, 9.17) is 5.21 Å². The molecule has 0 aromatic carbocycles. The summed E-state index contributed by atoms with van der Waals surface area (Å²) in [5, 5.41) is 11.5. The summed E-state index contributed by atoms with van der Waals surface area (Å²) in [5.74, 6) is 0. The van der Waals surface area contributed by atoms with E-state index in [0.29, 0.717) is 11.4 Å². The topological polar surface area (TPSA) is 45.5 Å². The molecule has 11 heavy (non-hydrogen) atoms. The van der Waals surface area contributed by atoms with Gasteiger partial charge in [-0.05, 0) is 31.5 Å². The van der Waals surface area contributed by atoms with Crippen LogP contribution in [0.5, 0.6) is 0 Å². The van der Waals surface area contributed by atoms with Gasteiger partial charge in [0.2, 0.25) is 0 Å². The van der Waals surface area contributed by atoms with Crippen LogP contribution in [0.3, 0.4) is 0 Å². The third-order valence-corrected chi connectivity index (χ3v) is 1.44. The summed E-state index contributed by atoms with van der Waals surface area (Å²) >= 11 is 0. The minimum Gasteiger partial charge on any atom is -0.411 e. The lowest BCUT2D eigenvalue weighted by atomic mass is 10.2. The van der Waals surface area contributed by atoms with Crippen molar-refractivity contribution >= 4 is 5.71 Å². The predicted octanol–water partition coefficient (Wildman–Crippen LogP) is 1.59. The molecule has 0 atom stereocenters. The smallest absolute Gasteiger partial charge is 0.102 e. The molecule has 3 heteroatoms. The minimum atomic E-state index is 0.536. The molecule has 1 aromatic heterocycles. The summed E-state index contributed by atoms with van der Waals surface area (Å²) in [4.78, 5) is 4.02. The van der Waals surface area contributed by atoms with E-state index in [1.165, 1.54) is 0 Å². The number of oxime groups is 1. The second kappa shape index (κ2) is 3.14. The van der Waals surface area contributed by atoms with E-state index in [9.17, 15) is 0 Å². The van der Waals surface area contributed by atoms with Crippen molar-refractivity contribution in [1.29, 1.82) is 0 Å². The fourth-order valence-electron chi connectivity index (χ4n) is 0.785. The van der Waals surface area contributed by atoms with E-state index >= 15 is 0 Å². The highest BCUT2D eigenvalue weighted by molar-refractivity contribution is 5.96. The summed E-state index contributed by atoms with van der Waals surface area (Å²) in [6.45, 7) is 3.68. The molecule has 0 bridgehead atoms. The molecule has 1 rings (SSSR count). The Balaban J connectivity index is 3.06. The maximum atomic E-state index is 8.43. The highest BCUT2D eigenvalue weighted by Crippen LogP contribution is 2.00. The molecule has 0 saturated carbocycles. The van der Waals surface area contributed by atoms with Crippen LogP contribution in [0, 0.1) is 6.92 Å². The molecular weight excluding hydrogens is 140 g/mol. The van der Waals surface area contributed by atoms with Gasteiger partial charge in [-0.2, -0.15) is 0 Å². The standard InChI is InChI=1S/C8H10N2O/c1-6-3-4-9-8(5-6)7(2)10-11/h3-5,11H,1-2H3/b10-7+. The van der Waals surface area contributed by atoms with Gasteiger partial charge in [0.1, 0.15) is 5.71 Å². The van der Waals surface area contributed by atoms with E-state index < -0.39 is 0 Å². The van der Waals surface area contributed by atoms with E-state index in [2.05, 4.69) is 10.1 Å². The lowest BCUT2D eigenvalue weighted by Gasteiger charge is -1.97. The Hall–Kier alpha value is -1.38. The van der Waals surface area contributed by atoms with Gasteiger partial charge in [0.15, 0.2) is 0 Å². The Morgan fingerprint density at radius 3 is 2.91 bits per heavy atom. The van der Waals surface area contributed by atoms with Crippen molar-refractivity contribution in [3.05, 3.63) is 29.6 Å². The predicted molar refractivity (Wildman–Crippen MR) is 43.0 cm³/mol. The van der Waals surface area contributed by atoms with Gasteiger partial charge in [-0.25, -0.2) is 0 Å². The summed E-state index contributed by atoms with van der Waals surface area (Å²) in [6.07, 6.45) is 1.69. The van der Waals surface area contributed by atoms with Crippen LogP contribution in [0.2, 0.25) is 0 Å². The van der Waals surface area contributed by atoms with Crippen LogP contribution < -0.4 is 0 Å². The van der Waals surface area contributed by atoms with Gasteiger partial charge in [0.25, 0.3) is 0 Å². The molecule has 0 aliphatic heterocycles. The van der Waals surface area contributed by atoms with Gasteiger partial charge >= 0.3 is 0 Å². The van der Waals surface area contributed by atoms with Crippen LogP contribution in [0.1, 0.15) is 18.2 Å². The molecule has 0 radical (unpaired) electrons. The number of nitrogens with zero attached hydrogens (tertiary/aromatic N) is 2. The van der Waals surface area contributed by atoms with Crippen molar-refractivity contribution in [3.8, 4) is 0 Å².